The van der Waals surface area contributed by atoms with Crippen molar-refractivity contribution >= 4 is 6.09 Å². The van der Waals surface area contributed by atoms with Crippen molar-refractivity contribution in [1.29, 1.82) is 0 Å². The van der Waals surface area contributed by atoms with Crippen LogP contribution in [0, 0.1) is 5.92 Å². The van der Waals surface area contributed by atoms with Crippen molar-refractivity contribution in [1.82, 2.24) is 5.32 Å². The molecule has 1 fully saturated rings. The van der Waals surface area contributed by atoms with Crippen molar-refractivity contribution in [2.45, 2.75) is 38.3 Å². The minimum Gasteiger partial charge on any atom is -0.465 e. The number of rotatable bonds is 2. The lowest BCUT2D eigenvalue weighted by Gasteiger charge is -2.14. The third-order valence-electron chi connectivity index (χ3n) is 2.54. The van der Waals surface area contributed by atoms with Crippen LogP contribution in [-0.2, 0) is 0 Å². The minimum atomic E-state index is -0.926. The smallest absolute Gasteiger partial charge is 0.404 e. The van der Waals surface area contributed by atoms with Crippen molar-refractivity contribution < 1.29 is 9.90 Å². The van der Waals surface area contributed by atoms with Gasteiger partial charge in [-0.05, 0) is 32.1 Å². The molecule has 4 heteroatoms. The van der Waals surface area contributed by atoms with Crippen molar-refractivity contribution in [2.24, 2.45) is 11.7 Å². The van der Waals surface area contributed by atoms with Gasteiger partial charge >= 0.3 is 6.09 Å². The number of amides is 1. The summed E-state index contributed by atoms with van der Waals surface area (Å²) in [4.78, 5) is 10.3. The highest BCUT2D eigenvalue weighted by Crippen LogP contribution is 2.27. The standard InChI is InChI=1S/C8H16N2O2/c1-5(9)6-2-3-7(4-6)10-8(11)12/h5-7,10H,2-4,9H2,1H3,(H,11,12)/t5-,6-,7+/m0/s1. The van der Waals surface area contributed by atoms with Gasteiger partial charge in [0.2, 0.25) is 0 Å². The summed E-state index contributed by atoms with van der Waals surface area (Å²) in [7, 11) is 0. The molecule has 0 aromatic heterocycles. The van der Waals surface area contributed by atoms with Crippen LogP contribution in [0.15, 0.2) is 0 Å². The monoisotopic (exact) mass is 172 g/mol. The van der Waals surface area contributed by atoms with E-state index in [1.54, 1.807) is 0 Å². The van der Waals surface area contributed by atoms with Gasteiger partial charge in [0, 0.05) is 12.1 Å². The van der Waals surface area contributed by atoms with Crippen LogP contribution in [0.4, 0.5) is 4.79 Å². The first-order chi connectivity index (χ1) is 5.59. The van der Waals surface area contributed by atoms with Crippen LogP contribution in [0.5, 0.6) is 0 Å². The highest BCUT2D eigenvalue weighted by molar-refractivity contribution is 5.64. The fourth-order valence-electron chi connectivity index (χ4n) is 1.80. The van der Waals surface area contributed by atoms with Crippen LogP contribution in [-0.4, -0.2) is 23.3 Å². The Hall–Kier alpha value is -0.770. The molecule has 0 heterocycles. The van der Waals surface area contributed by atoms with E-state index in [4.69, 9.17) is 10.8 Å². The first kappa shape index (κ1) is 9.32. The molecule has 0 aromatic carbocycles. The fraction of sp³-hybridized carbons (Fsp3) is 0.875. The number of hydrogen-bond acceptors (Lipinski definition) is 2. The number of carboxylic acid groups (broad SMARTS) is 1. The lowest BCUT2D eigenvalue weighted by Crippen LogP contribution is -2.33. The van der Waals surface area contributed by atoms with Gasteiger partial charge in [0.15, 0.2) is 0 Å². The SMILES string of the molecule is C[C@H](N)[C@H]1CC[C@@H](NC(=O)O)C1. The second-order valence-corrected chi connectivity index (χ2v) is 3.58. The zero-order valence-electron chi connectivity index (χ0n) is 7.29. The molecule has 4 N–H and O–H groups in total. The summed E-state index contributed by atoms with van der Waals surface area (Å²) in [6.07, 6.45) is 1.94. The molecule has 12 heavy (non-hydrogen) atoms. The summed E-state index contributed by atoms with van der Waals surface area (Å²) in [5.41, 5.74) is 5.72. The lowest BCUT2D eigenvalue weighted by atomic mass is 10.0. The van der Waals surface area contributed by atoms with Gasteiger partial charge in [0.25, 0.3) is 0 Å². The molecule has 70 valence electrons. The predicted molar refractivity (Wildman–Crippen MR) is 45.9 cm³/mol. The maximum absolute atomic E-state index is 10.3. The largest absolute Gasteiger partial charge is 0.465 e. The van der Waals surface area contributed by atoms with Gasteiger partial charge in [-0.25, -0.2) is 4.79 Å². The molecule has 4 nitrogen and oxygen atoms in total. The summed E-state index contributed by atoms with van der Waals surface area (Å²) in [6, 6.07) is 0.309. The van der Waals surface area contributed by atoms with Crippen molar-refractivity contribution in [3.8, 4) is 0 Å². The normalized spacial score (nSPS) is 31.5. The van der Waals surface area contributed by atoms with Crippen molar-refractivity contribution in [3.63, 3.8) is 0 Å². The van der Waals surface area contributed by atoms with Gasteiger partial charge < -0.3 is 16.2 Å². The second-order valence-electron chi connectivity index (χ2n) is 3.58. The van der Waals surface area contributed by atoms with Crippen LogP contribution in [0.1, 0.15) is 26.2 Å². The van der Waals surface area contributed by atoms with Gasteiger partial charge in [-0.1, -0.05) is 0 Å². The van der Waals surface area contributed by atoms with E-state index in [9.17, 15) is 4.79 Å². The van der Waals surface area contributed by atoms with E-state index in [2.05, 4.69) is 5.32 Å². The Labute approximate surface area is 72.1 Å². The highest BCUT2D eigenvalue weighted by atomic mass is 16.4. The van der Waals surface area contributed by atoms with Crippen LogP contribution < -0.4 is 11.1 Å². The van der Waals surface area contributed by atoms with Gasteiger partial charge in [0.05, 0.1) is 0 Å². The molecule has 0 spiro atoms. The van der Waals surface area contributed by atoms with E-state index in [0.717, 1.165) is 19.3 Å². The maximum Gasteiger partial charge on any atom is 0.404 e. The zero-order chi connectivity index (χ0) is 9.14. The van der Waals surface area contributed by atoms with E-state index in [1.807, 2.05) is 6.92 Å². The van der Waals surface area contributed by atoms with Crippen LogP contribution in [0.3, 0.4) is 0 Å². The Bertz CT molecular complexity index is 170. The molecule has 1 aliphatic carbocycles. The summed E-state index contributed by atoms with van der Waals surface area (Å²) < 4.78 is 0. The number of nitrogens with one attached hydrogen (secondary N) is 1. The summed E-state index contributed by atoms with van der Waals surface area (Å²) in [6.45, 7) is 1.98. The third-order valence-corrected chi connectivity index (χ3v) is 2.54. The topological polar surface area (TPSA) is 75.3 Å². The quantitative estimate of drug-likeness (QED) is 0.576. The Morgan fingerprint density at radius 3 is 2.75 bits per heavy atom. The average molecular weight is 172 g/mol. The Balaban J connectivity index is 2.30. The van der Waals surface area contributed by atoms with Crippen LogP contribution in [0.25, 0.3) is 0 Å². The first-order valence-electron chi connectivity index (χ1n) is 4.34. The first-order valence-corrected chi connectivity index (χ1v) is 4.34. The van der Waals surface area contributed by atoms with E-state index >= 15 is 0 Å². The Morgan fingerprint density at radius 1 is 1.67 bits per heavy atom. The van der Waals surface area contributed by atoms with E-state index in [1.165, 1.54) is 0 Å². The molecular formula is C8H16N2O2. The molecule has 3 atom stereocenters. The van der Waals surface area contributed by atoms with Crippen molar-refractivity contribution in [3.05, 3.63) is 0 Å². The number of hydrogen-bond donors (Lipinski definition) is 3. The van der Waals surface area contributed by atoms with Crippen LogP contribution in [0.2, 0.25) is 0 Å². The number of carbonyl (C=O) groups is 1. The van der Waals surface area contributed by atoms with E-state index in [0.29, 0.717) is 5.92 Å². The average Bonchev–Trinajstić information content (AvgIpc) is 2.34. The van der Waals surface area contributed by atoms with E-state index < -0.39 is 6.09 Å². The third kappa shape index (κ3) is 2.37. The second kappa shape index (κ2) is 3.76. The van der Waals surface area contributed by atoms with Gasteiger partial charge in [-0.3, -0.25) is 0 Å². The molecular weight excluding hydrogens is 156 g/mol. The minimum absolute atomic E-state index is 0.124. The molecule has 0 aromatic rings. The molecule has 1 rings (SSSR count). The molecule has 0 bridgehead atoms. The maximum atomic E-state index is 10.3. The Morgan fingerprint density at radius 2 is 2.33 bits per heavy atom. The molecule has 1 aliphatic rings. The van der Waals surface area contributed by atoms with Gasteiger partial charge in [-0.2, -0.15) is 0 Å². The molecule has 0 radical (unpaired) electrons. The molecule has 0 aliphatic heterocycles. The van der Waals surface area contributed by atoms with Crippen LogP contribution >= 0.6 is 0 Å². The molecule has 0 unspecified atom stereocenters. The van der Waals surface area contributed by atoms with Gasteiger partial charge in [-0.15, -0.1) is 0 Å². The summed E-state index contributed by atoms with van der Waals surface area (Å²) in [5, 5.41) is 10.9. The lowest BCUT2D eigenvalue weighted by molar-refractivity contribution is 0.189. The predicted octanol–water partition coefficient (Wildman–Crippen LogP) is 0.770. The fourth-order valence-corrected chi connectivity index (χ4v) is 1.80. The van der Waals surface area contributed by atoms with Crippen molar-refractivity contribution in [2.75, 3.05) is 0 Å². The Kier molecular flexibility index (Phi) is 2.92. The van der Waals surface area contributed by atoms with E-state index in [-0.39, 0.29) is 12.1 Å². The molecule has 1 amide bonds. The zero-order valence-corrected chi connectivity index (χ0v) is 7.29. The molecule has 0 saturated heterocycles. The highest BCUT2D eigenvalue weighted by Gasteiger charge is 2.27. The summed E-state index contributed by atoms with van der Waals surface area (Å²) >= 11 is 0. The van der Waals surface area contributed by atoms with Gasteiger partial charge in [0.1, 0.15) is 0 Å². The summed E-state index contributed by atoms with van der Waals surface area (Å²) in [5.74, 6) is 0.488. The number of nitrogens with two attached hydrogens (primary N) is 1. The molecule has 1 saturated carbocycles.